The van der Waals surface area contributed by atoms with Crippen LogP contribution in [-0.4, -0.2) is 43.7 Å². The Morgan fingerprint density at radius 1 is 1.07 bits per heavy atom. The molecule has 0 saturated carbocycles. The van der Waals surface area contributed by atoms with E-state index in [1.54, 1.807) is 55.5 Å². The van der Waals surface area contributed by atoms with Crippen LogP contribution in [0.15, 0.2) is 48.5 Å². The number of benzene rings is 2. The Balaban J connectivity index is 1.59. The average Bonchev–Trinajstić information content (AvgIpc) is 3.28. The molecule has 8 nitrogen and oxygen atoms in total. The fraction of sp³-hybridized carbons (Fsp3) is 0.318. The van der Waals surface area contributed by atoms with E-state index in [0.29, 0.717) is 35.7 Å². The lowest BCUT2D eigenvalue weighted by Crippen LogP contribution is -2.27. The third kappa shape index (κ3) is 6.05. The summed E-state index contributed by atoms with van der Waals surface area (Å²) in [4.78, 5) is 36.2. The molecule has 158 valence electrons. The van der Waals surface area contributed by atoms with Crippen molar-refractivity contribution in [3.05, 3.63) is 54.1 Å². The fourth-order valence-corrected chi connectivity index (χ4v) is 2.96. The standard InChI is InChI=1S/C22H24N2O6/c1-2-28-20(25)14-30-18-9-4-8-17(13-18)23-21(26)15-6-3-7-16(12-15)24-22(27)19-10-5-11-29-19/h3-4,6-9,12-13,19H,2,5,10-11,14H2,1H3,(H,23,26)(H,24,27). The first kappa shape index (κ1) is 21.3. The molecule has 0 aliphatic carbocycles. The van der Waals surface area contributed by atoms with Crippen LogP contribution in [-0.2, 0) is 19.1 Å². The minimum Gasteiger partial charge on any atom is -0.482 e. The van der Waals surface area contributed by atoms with Gasteiger partial charge < -0.3 is 24.8 Å². The number of nitrogens with one attached hydrogen (secondary N) is 2. The second-order valence-electron chi connectivity index (χ2n) is 6.65. The number of anilines is 2. The molecule has 1 saturated heterocycles. The lowest BCUT2D eigenvalue weighted by Gasteiger charge is -2.12. The number of hydrogen-bond donors (Lipinski definition) is 2. The molecule has 2 amide bonds. The van der Waals surface area contributed by atoms with Crippen LogP contribution in [0.1, 0.15) is 30.1 Å². The Bertz CT molecular complexity index is 908. The van der Waals surface area contributed by atoms with Crippen molar-refractivity contribution in [1.29, 1.82) is 0 Å². The quantitative estimate of drug-likeness (QED) is 0.646. The summed E-state index contributed by atoms with van der Waals surface area (Å²) in [5, 5.41) is 5.56. The maximum Gasteiger partial charge on any atom is 0.344 e. The zero-order valence-electron chi connectivity index (χ0n) is 16.7. The number of esters is 1. The summed E-state index contributed by atoms with van der Waals surface area (Å²) >= 11 is 0. The van der Waals surface area contributed by atoms with Gasteiger partial charge >= 0.3 is 5.97 Å². The number of carbonyl (C=O) groups excluding carboxylic acids is 3. The van der Waals surface area contributed by atoms with Gasteiger partial charge in [0, 0.05) is 29.6 Å². The minimum atomic E-state index is -0.464. The first-order chi connectivity index (χ1) is 14.5. The zero-order chi connectivity index (χ0) is 21.3. The molecule has 0 spiro atoms. The topological polar surface area (TPSA) is 103 Å². The normalized spacial score (nSPS) is 15.3. The molecule has 1 aliphatic heterocycles. The highest BCUT2D eigenvalue weighted by Gasteiger charge is 2.23. The highest BCUT2D eigenvalue weighted by molar-refractivity contribution is 6.05. The lowest BCUT2D eigenvalue weighted by molar-refractivity contribution is -0.145. The summed E-state index contributed by atoms with van der Waals surface area (Å²) in [6.07, 6.45) is 1.11. The maximum absolute atomic E-state index is 12.6. The van der Waals surface area contributed by atoms with Gasteiger partial charge in [-0.3, -0.25) is 9.59 Å². The van der Waals surface area contributed by atoms with Crippen molar-refractivity contribution in [2.45, 2.75) is 25.9 Å². The number of ether oxygens (including phenoxy) is 3. The van der Waals surface area contributed by atoms with Crippen molar-refractivity contribution >= 4 is 29.2 Å². The van der Waals surface area contributed by atoms with Crippen LogP contribution in [0.2, 0.25) is 0 Å². The van der Waals surface area contributed by atoms with Crippen molar-refractivity contribution in [3.63, 3.8) is 0 Å². The van der Waals surface area contributed by atoms with E-state index in [9.17, 15) is 14.4 Å². The monoisotopic (exact) mass is 412 g/mol. The Hall–Kier alpha value is -3.39. The Morgan fingerprint density at radius 2 is 1.83 bits per heavy atom. The molecule has 0 bridgehead atoms. The molecule has 1 aliphatic rings. The predicted octanol–water partition coefficient (Wildman–Crippen LogP) is 3.00. The van der Waals surface area contributed by atoms with E-state index in [1.807, 2.05) is 0 Å². The Labute approximate surface area is 174 Å². The van der Waals surface area contributed by atoms with Gasteiger partial charge in [-0.1, -0.05) is 12.1 Å². The van der Waals surface area contributed by atoms with Crippen molar-refractivity contribution in [2.75, 3.05) is 30.5 Å². The van der Waals surface area contributed by atoms with E-state index in [1.165, 1.54) is 0 Å². The van der Waals surface area contributed by atoms with E-state index in [4.69, 9.17) is 14.2 Å². The first-order valence-corrected chi connectivity index (χ1v) is 9.77. The van der Waals surface area contributed by atoms with Crippen LogP contribution in [0.4, 0.5) is 11.4 Å². The predicted molar refractivity (Wildman–Crippen MR) is 111 cm³/mol. The molecule has 3 rings (SSSR count). The number of rotatable bonds is 8. The number of hydrogen-bond acceptors (Lipinski definition) is 6. The van der Waals surface area contributed by atoms with Crippen LogP contribution in [0.25, 0.3) is 0 Å². The third-order valence-corrected chi connectivity index (χ3v) is 4.37. The molecular weight excluding hydrogens is 388 g/mol. The average molecular weight is 412 g/mol. The molecule has 0 radical (unpaired) electrons. The summed E-state index contributed by atoms with van der Waals surface area (Å²) in [6.45, 7) is 2.38. The van der Waals surface area contributed by atoms with Gasteiger partial charge in [-0.2, -0.15) is 0 Å². The summed E-state index contributed by atoms with van der Waals surface area (Å²) < 4.78 is 15.6. The van der Waals surface area contributed by atoms with Gasteiger partial charge in [-0.25, -0.2) is 4.79 Å². The first-order valence-electron chi connectivity index (χ1n) is 9.77. The summed E-state index contributed by atoms with van der Waals surface area (Å²) in [5.41, 5.74) is 1.42. The second kappa shape index (κ2) is 10.4. The van der Waals surface area contributed by atoms with Crippen molar-refractivity contribution < 1.29 is 28.6 Å². The van der Waals surface area contributed by atoms with Crippen LogP contribution in [0.5, 0.6) is 5.75 Å². The molecule has 0 aromatic heterocycles. The van der Waals surface area contributed by atoms with E-state index in [0.717, 1.165) is 6.42 Å². The van der Waals surface area contributed by atoms with Crippen LogP contribution >= 0.6 is 0 Å². The largest absolute Gasteiger partial charge is 0.482 e. The van der Waals surface area contributed by atoms with Crippen molar-refractivity contribution in [2.24, 2.45) is 0 Å². The fourth-order valence-electron chi connectivity index (χ4n) is 2.96. The van der Waals surface area contributed by atoms with Crippen LogP contribution < -0.4 is 15.4 Å². The lowest BCUT2D eigenvalue weighted by atomic mass is 10.1. The Kier molecular flexibility index (Phi) is 7.40. The van der Waals surface area contributed by atoms with Gasteiger partial charge in [0.2, 0.25) is 0 Å². The van der Waals surface area contributed by atoms with Gasteiger partial charge in [-0.15, -0.1) is 0 Å². The van der Waals surface area contributed by atoms with Gasteiger partial charge in [0.25, 0.3) is 11.8 Å². The SMILES string of the molecule is CCOC(=O)COc1cccc(NC(=O)c2cccc(NC(=O)C3CCCO3)c2)c1. The zero-order valence-corrected chi connectivity index (χ0v) is 16.7. The van der Waals surface area contributed by atoms with E-state index in [2.05, 4.69) is 10.6 Å². The second-order valence-corrected chi connectivity index (χ2v) is 6.65. The van der Waals surface area contributed by atoms with Crippen LogP contribution in [0.3, 0.4) is 0 Å². The molecule has 1 unspecified atom stereocenters. The van der Waals surface area contributed by atoms with E-state index >= 15 is 0 Å². The van der Waals surface area contributed by atoms with Crippen molar-refractivity contribution in [1.82, 2.24) is 0 Å². The highest BCUT2D eigenvalue weighted by Crippen LogP contribution is 2.20. The van der Waals surface area contributed by atoms with E-state index in [-0.39, 0.29) is 25.0 Å². The van der Waals surface area contributed by atoms with Gasteiger partial charge in [0.1, 0.15) is 11.9 Å². The molecular formula is C22H24N2O6. The summed E-state index contributed by atoms with van der Waals surface area (Å²) in [6, 6.07) is 13.4. The van der Waals surface area contributed by atoms with Crippen molar-refractivity contribution in [3.8, 4) is 5.75 Å². The molecule has 2 aromatic rings. The van der Waals surface area contributed by atoms with Gasteiger partial charge in [0.15, 0.2) is 6.61 Å². The maximum atomic E-state index is 12.6. The Morgan fingerprint density at radius 3 is 2.57 bits per heavy atom. The molecule has 30 heavy (non-hydrogen) atoms. The molecule has 2 aromatic carbocycles. The smallest absolute Gasteiger partial charge is 0.344 e. The highest BCUT2D eigenvalue weighted by atomic mass is 16.6. The summed E-state index contributed by atoms with van der Waals surface area (Å²) in [7, 11) is 0. The molecule has 1 fully saturated rings. The molecule has 8 heteroatoms. The number of amides is 2. The number of carbonyl (C=O) groups is 3. The molecule has 2 N–H and O–H groups in total. The summed E-state index contributed by atoms with van der Waals surface area (Å²) in [5.74, 6) is -0.588. The molecule has 1 heterocycles. The van der Waals surface area contributed by atoms with Crippen LogP contribution in [0, 0.1) is 0 Å². The van der Waals surface area contributed by atoms with Gasteiger partial charge in [-0.05, 0) is 50.1 Å². The minimum absolute atomic E-state index is 0.211. The van der Waals surface area contributed by atoms with Gasteiger partial charge in [0.05, 0.1) is 6.61 Å². The third-order valence-electron chi connectivity index (χ3n) is 4.37. The van der Waals surface area contributed by atoms with E-state index < -0.39 is 12.1 Å². The molecule has 1 atom stereocenters.